The van der Waals surface area contributed by atoms with E-state index in [-0.39, 0.29) is 5.92 Å². The Morgan fingerprint density at radius 3 is 2.58 bits per heavy atom. The van der Waals surface area contributed by atoms with Crippen LogP contribution in [0.2, 0.25) is 0 Å². The van der Waals surface area contributed by atoms with Crippen molar-refractivity contribution in [2.24, 2.45) is 11.8 Å². The van der Waals surface area contributed by atoms with Gasteiger partial charge in [0.05, 0.1) is 12.2 Å². The van der Waals surface area contributed by atoms with Gasteiger partial charge in [0.2, 0.25) is 5.91 Å². The Morgan fingerprint density at radius 1 is 1.27 bits per heavy atom. The number of thiazole rings is 1. The van der Waals surface area contributed by atoms with Crippen LogP contribution < -0.4 is 4.74 Å². The van der Waals surface area contributed by atoms with Crippen molar-refractivity contribution in [3.05, 3.63) is 45.4 Å². The number of carbonyl (C=O) groups excluding carboxylic acids is 1. The molecule has 1 fully saturated rings. The Balaban J connectivity index is 1.59. The minimum Gasteiger partial charge on any atom is -0.486 e. The second-order valence-electron chi connectivity index (χ2n) is 7.73. The number of aromatic nitrogens is 1. The van der Waals surface area contributed by atoms with Crippen molar-refractivity contribution in [2.75, 3.05) is 6.54 Å². The van der Waals surface area contributed by atoms with Crippen molar-refractivity contribution in [3.8, 4) is 5.75 Å². The molecule has 1 aromatic heterocycles. The summed E-state index contributed by atoms with van der Waals surface area (Å²) in [6, 6.07) is 6.22. The Morgan fingerprint density at radius 2 is 1.96 bits per heavy atom. The topological polar surface area (TPSA) is 42.4 Å². The monoisotopic (exact) mass is 372 g/mol. The lowest BCUT2D eigenvalue weighted by Gasteiger charge is -2.23. The second-order valence-corrected chi connectivity index (χ2v) is 8.67. The quantitative estimate of drug-likeness (QED) is 0.672. The van der Waals surface area contributed by atoms with Crippen LogP contribution in [0, 0.1) is 25.7 Å². The average molecular weight is 373 g/mol. The van der Waals surface area contributed by atoms with Crippen molar-refractivity contribution in [3.63, 3.8) is 0 Å². The van der Waals surface area contributed by atoms with Crippen molar-refractivity contribution in [1.82, 2.24) is 9.88 Å². The van der Waals surface area contributed by atoms with Crippen LogP contribution in [0.15, 0.2) is 23.6 Å². The fraction of sp³-hybridized carbons (Fsp3) is 0.524. The molecule has 0 spiro atoms. The number of benzene rings is 1. The molecule has 1 amide bonds. The zero-order valence-electron chi connectivity index (χ0n) is 16.1. The van der Waals surface area contributed by atoms with Crippen molar-refractivity contribution < 1.29 is 9.53 Å². The number of nitrogens with zero attached hydrogens (tertiary/aromatic N) is 2. The lowest BCUT2D eigenvalue weighted by molar-refractivity contribution is -0.133. The lowest BCUT2D eigenvalue weighted by Crippen LogP contribution is -2.34. The summed E-state index contributed by atoms with van der Waals surface area (Å²) in [4.78, 5) is 19.2. The molecule has 0 aliphatic heterocycles. The largest absolute Gasteiger partial charge is 0.486 e. The minimum atomic E-state index is 0.250. The average Bonchev–Trinajstić information content (AvgIpc) is 3.31. The number of hydrogen-bond acceptors (Lipinski definition) is 4. The summed E-state index contributed by atoms with van der Waals surface area (Å²) in [7, 11) is 0. The number of aryl methyl sites for hydroxylation is 2. The van der Waals surface area contributed by atoms with Gasteiger partial charge in [0.15, 0.2) is 0 Å². The van der Waals surface area contributed by atoms with Crippen LogP contribution in [-0.2, 0) is 17.9 Å². The van der Waals surface area contributed by atoms with E-state index in [0.717, 1.165) is 35.8 Å². The molecule has 26 heavy (non-hydrogen) atoms. The fourth-order valence-electron chi connectivity index (χ4n) is 3.11. The zero-order chi connectivity index (χ0) is 18.7. The summed E-state index contributed by atoms with van der Waals surface area (Å²) in [6.45, 7) is 10.3. The maximum absolute atomic E-state index is 12.5. The van der Waals surface area contributed by atoms with E-state index < -0.39 is 0 Å². The van der Waals surface area contributed by atoms with Gasteiger partial charge in [-0.05, 0) is 55.9 Å². The van der Waals surface area contributed by atoms with Crippen LogP contribution >= 0.6 is 11.3 Å². The number of rotatable bonds is 8. The third-order valence-corrected chi connectivity index (χ3v) is 5.20. The van der Waals surface area contributed by atoms with Gasteiger partial charge in [0.25, 0.3) is 0 Å². The van der Waals surface area contributed by atoms with Gasteiger partial charge in [-0.1, -0.05) is 19.9 Å². The summed E-state index contributed by atoms with van der Waals surface area (Å²) in [5, 5.41) is 3.00. The highest BCUT2D eigenvalue weighted by atomic mass is 32.1. The minimum absolute atomic E-state index is 0.250. The summed E-state index contributed by atoms with van der Waals surface area (Å²) < 4.78 is 5.90. The van der Waals surface area contributed by atoms with Crippen molar-refractivity contribution in [1.29, 1.82) is 0 Å². The van der Waals surface area contributed by atoms with Gasteiger partial charge in [0.1, 0.15) is 17.4 Å². The van der Waals surface area contributed by atoms with Crippen LogP contribution in [-0.4, -0.2) is 22.3 Å². The third-order valence-electron chi connectivity index (χ3n) is 4.33. The molecule has 0 bridgehead atoms. The molecule has 0 N–H and O–H groups in total. The van der Waals surface area contributed by atoms with E-state index in [0.29, 0.717) is 25.0 Å². The van der Waals surface area contributed by atoms with Gasteiger partial charge < -0.3 is 9.64 Å². The smallest absolute Gasteiger partial charge is 0.226 e. The highest BCUT2D eigenvalue weighted by Gasteiger charge is 2.33. The van der Waals surface area contributed by atoms with Crippen LogP contribution in [0.25, 0.3) is 0 Å². The third kappa shape index (κ3) is 5.31. The molecular weight excluding hydrogens is 344 g/mol. The highest BCUT2D eigenvalue weighted by Crippen LogP contribution is 2.32. The van der Waals surface area contributed by atoms with Gasteiger partial charge in [-0.3, -0.25) is 4.79 Å². The number of carbonyl (C=O) groups is 1. The summed E-state index contributed by atoms with van der Waals surface area (Å²) in [5.74, 6) is 1.88. The Kier molecular flexibility index (Phi) is 5.97. The second kappa shape index (κ2) is 8.21. The molecular formula is C21H28N2O2S. The van der Waals surface area contributed by atoms with E-state index in [2.05, 4.69) is 38.7 Å². The molecule has 140 valence electrons. The normalized spacial score (nSPS) is 13.9. The number of ether oxygens (including phenoxy) is 1. The van der Waals surface area contributed by atoms with Crippen molar-refractivity contribution >= 4 is 17.2 Å². The molecule has 0 radical (unpaired) electrons. The SMILES string of the molecule is Cc1cc(C)cc(OCc2nc(CN(CC(C)C)C(=O)C3CC3)cs2)c1. The van der Waals surface area contributed by atoms with Gasteiger partial charge in [-0.2, -0.15) is 0 Å². The molecule has 1 aliphatic carbocycles. The molecule has 1 heterocycles. The van der Waals surface area contributed by atoms with Crippen LogP contribution in [0.3, 0.4) is 0 Å². The first-order valence-electron chi connectivity index (χ1n) is 9.34. The Hall–Kier alpha value is -1.88. The van der Waals surface area contributed by atoms with E-state index in [1.54, 1.807) is 11.3 Å². The van der Waals surface area contributed by atoms with Crippen LogP contribution in [0.4, 0.5) is 0 Å². The van der Waals surface area contributed by atoms with E-state index in [1.807, 2.05) is 22.4 Å². The molecule has 4 nitrogen and oxygen atoms in total. The van der Waals surface area contributed by atoms with Crippen LogP contribution in [0.1, 0.15) is 48.5 Å². The summed E-state index contributed by atoms with van der Waals surface area (Å²) in [6.07, 6.45) is 2.08. The van der Waals surface area contributed by atoms with E-state index in [4.69, 9.17) is 4.74 Å². The van der Waals surface area contributed by atoms with Gasteiger partial charge in [-0.25, -0.2) is 4.98 Å². The first-order chi connectivity index (χ1) is 12.4. The fourth-order valence-corrected chi connectivity index (χ4v) is 3.80. The van der Waals surface area contributed by atoms with Gasteiger partial charge in [0, 0.05) is 17.8 Å². The maximum Gasteiger partial charge on any atom is 0.226 e. The van der Waals surface area contributed by atoms with E-state index in [9.17, 15) is 4.79 Å². The molecule has 1 saturated carbocycles. The standard InChI is InChI=1S/C21H28N2O2S/c1-14(2)10-23(21(24)17-5-6-17)11-18-13-26-20(22-18)12-25-19-8-15(3)7-16(4)9-19/h7-9,13-14,17H,5-6,10-12H2,1-4H3. The van der Waals surface area contributed by atoms with E-state index in [1.165, 1.54) is 11.1 Å². The molecule has 0 atom stereocenters. The molecule has 0 saturated heterocycles. The first kappa shape index (κ1) is 18.9. The predicted molar refractivity (Wildman–Crippen MR) is 105 cm³/mol. The molecule has 3 rings (SSSR count). The lowest BCUT2D eigenvalue weighted by atomic mass is 10.1. The predicted octanol–water partition coefficient (Wildman–Crippen LogP) is 4.73. The molecule has 1 aliphatic rings. The highest BCUT2D eigenvalue weighted by molar-refractivity contribution is 7.09. The zero-order valence-corrected chi connectivity index (χ0v) is 16.9. The molecule has 2 aromatic rings. The molecule has 5 heteroatoms. The van der Waals surface area contributed by atoms with Gasteiger partial charge >= 0.3 is 0 Å². The molecule has 0 unspecified atom stereocenters. The number of hydrogen-bond donors (Lipinski definition) is 0. The van der Waals surface area contributed by atoms with Crippen LogP contribution in [0.5, 0.6) is 5.75 Å². The Bertz CT molecular complexity index is 745. The summed E-state index contributed by atoms with van der Waals surface area (Å²) in [5.41, 5.74) is 3.36. The number of amides is 1. The first-order valence-corrected chi connectivity index (χ1v) is 10.2. The van der Waals surface area contributed by atoms with Gasteiger partial charge in [-0.15, -0.1) is 11.3 Å². The van der Waals surface area contributed by atoms with Crippen molar-refractivity contribution in [2.45, 2.75) is 53.7 Å². The van der Waals surface area contributed by atoms with E-state index >= 15 is 0 Å². The summed E-state index contributed by atoms with van der Waals surface area (Å²) >= 11 is 1.60. The maximum atomic E-state index is 12.5. The molecule has 1 aromatic carbocycles. The Labute approximate surface area is 160 Å².